The first-order valence-corrected chi connectivity index (χ1v) is 7.94. The Morgan fingerprint density at radius 1 is 1.27 bits per heavy atom. The molecule has 2 aromatic rings. The van der Waals surface area contributed by atoms with Gasteiger partial charge in [-0.2, -0.15) is 0 Å². The van der Waals surface area contributed by atoms with Crippen molar-refractivity contribution in [1.82, 2.24) is 5.48 Å². The summed E-state index contributed by atoms with van der Waals surface area (Å²) >= 11 is 0. The summed E-state index contributed by atoms with van der Waals surface area (Å²) in [6.07, 6.45) is 1.57. The van der Waals surface area contributed by atoms with Gasteiger partial charge in [-0.3, -0.25) is 14.2 Å². The van der Waals surface area contributed by atoms with Crippen LogP contribution < -0.4 is 10.8 Å². The third-order valence-corrected chi connectivity index (χ3v) is 4.07. The second kappa shape index (κ2) is 6.67. The van der Waals surface area contributed by atoms with Crippen LogP contribution in [0.3, 0.4) is 0 Å². The first-order valence-electron chi connectivity index (χ1n) is 6.38. The summed E-state index contributed by atoms with van der Waals surface area (Å²) in [4.78, 5) is 12.3. The molecule has 3 N–H and O–H groups in total. The molecule has 0 bridgehead atoms. The number of para-hydroxylation sites is 1. The average Bonchev–Trinajstić information content (AvgIpc) is 2.49. The minimum absolute atomic E-state index is 0.0231. The van der Waals surface area contributed by atoms with Crippen LogP contribution in [0.1, 0.15) is 15.9 Å². The summed E-state index contributed by atoms with van der Waals surface area (Å²) in [6.45, 7) is 1.78. The summed E-state index contributed by atoms with van der Waals surface area (Å²) in [6, 6.07) is 9.03. The molecular weight excluding hydrogens is 307 g/mol. The molecule has 22 heavy (non-hydrogen) atoms. The normalized spacial score (nSPS) is 11.8. The maximum Gasteiger partial charge on any atom is 0.276 e. The van der Waals surface area contributed by atoms with Gasteiger partial charge in [0.15, 0.2) is 0 Å². The van der Waals surface area contributed by atoms with Gasteiger partial charge in [0.2, 0.25) is 0 Å². The molecule has 2 aromatic carbocycles. The predicted octanol–water partition coefficient (Wildman–Crippen LogP) is 2.73. The lowest BCUT2D eigenvalue weighted by atomic mass is 10.1. The van der Waals surface area contributed by atoms with Crippen molar-refractivity contribution < 1.29 is 18.6 Å². The zero-order chi connectivity index (χ0) is 16.3. The molecule has 0 spiro atoms. The van der Waals surface area contributed by atoms with E-state index < -0.39 is 22.5 Å². The number of carbonyl (C=O) groups is 1. The molecule has 2 rings (SSSR count). The molecule has 0 aliphatic rings. The van der Waals surface area contributed by atoms with Crippen LogP contribution in [0.25, 0.3) is 0 Å². The fraction of sp³-hybridized carbons (Fsp3) is 0.133. The zero-order valence-electron chi connectivity index (χ0n) is 12.0. The highest BCUT2D eigenvalue weighted by Gasteiger charge is 2.15. The van der Waals surface area contributed by atoms with E-state index in [9.17, 15) is 13.4 Å². The van der Waals surface area contributed by atoms with E-state index in [-0.39, 0.29) is 11.3 Å². The maximum atomic E-state index is 14.0. The third kappa shape index (κ3) is 3.32. The number of benzene rings is 2. The fourth-order valence-corrected chi connectivity index (χ4v) is 2.59. The Bertz CT molecular complexity index is 750. The van der Waals surface area contributed by atoms with Gasteiger partial charge in [-0.15, -0.1) is 0 Å². The van der Waals surface area contributed by atoms with Gasteiger partial charge in [-0.05, 0) is 42.8 Å². The van der Waals surface area contributed by atoms with Crippen LogP contribution in [0.2, 0.25) is 0 Å². The van der Waals surface area contributed by atoms with E-state index in [1.807, 2.05) is 0 Å². The minimum atomic E-state index is -1.11. The van der Waals surface area contributed by atoms with Crippen molar-refractivity contribution in [3.8, 4) is 0 Å². The third-order valence-electron chi connectivity index (χ3n) is 3.15. The van der Waals surface area contributed by atoms with Gasteiger partial charge in [0.25, 0.3) is 5.91 Å². The molecule has 0 aliphatic carbocycles. The van der Waals surface area contributed by atoms with Gasteiger partial charge in [0.05, 0.1) is 11.3 Å². The summed E-state index contributed by atoms with van der Waals surface area (Å²) in [5, 5.41) is 11.6. The molecule has 1 amide bonds. The van der Waals surface area contributed by atoms with Gasteiger partial charge in [-0.1, -0.05) is 6.07 Å². The van der Waals surface area contributed by atoms with Crippen molar-refractivity contribution >= 4 is 28.1 Å². The lowest BCUT2D eigenvalue weighted by Crippen LogP contribution is -2.20. The molecule has 0 aromatic heterocycles. The van der Waals surface area contributed by atoms with E-state index in [0.29, 0.717) is 10.6 Å². The Kier molecular flexibility index (Phi) is 4.89. The number of amides is 1. The first kappa shape index (κ1) is 16.1. The average molecular weight is 322 g/mol. The second-order valence-corrected chi connectivity index (χ2v) is 6.04. The van der Waals surface area contributed by atoms with E-state index in [1.165, 1.54) is 23.7 Å². The number of hydrogen-bond donors (Lipinski definition) is 3. The van der Waals surface area contributed by atoms with E-state index in [2.05, 4.69) is 5.32 Å². The summed E-state index contributed by atoms with van der Waals surface area (Å²) in [5.74, 6) is -1.44. The SMILES string of the molecule is Cc1cc(S(C)=O)ccc1Nc1c(F)cccc1C(=O)NO. The van der Waals surface area contributed by atoms with Crippen LogP contribution in [0.15, 0.2) is 41.3 Å². The molecule has 116 valence electrons. The van der Waals surface area contributed by atoms with Gasteiger partial charge < -0.3 is 5.32 Å². The molecule has 0 heterocycles. The number of rotatable bonds is 4. The fourth-order valence-electron chi connectivity index (χ4n) is 1.99. The monoisotopic (exact) mass is 322 g/mol. The Morgan fingerprint density at radius 3 is 2.59 bits per heavy atom. The molecule has 1 unspecified atom stereocenters. The quantitative estimate of drug-likeness (QED) is 0.597. The van der Waals surface area contributed by atoms with Gasteiger partial charge >= 0.3 is 0 Å². The molecule has 0 saturated heterocycles. The van der Waals surface area contributed by atoms with Crippen LogP contribution in [-0.4, -0.2) is 21.6 Å². The van der Waals surface area contributed by atoms with Gasteiger partial charge in [0.1, 0.15) is 5.82 Å². The second-order valence-electron chi connectivity index (χ2n) is 4.66. The van der Waals surface area contributed by atoms with Crippen molar-refractivity contribution in [3.05, 3.63) is 53.3 Å². The number of hydroxylamine groups is 1. The standard InChI is InChI=1S/C15H15FN2O3S/c1-9-8-10(22(2)21)6-7-13(9)17-14-11(15(19)18-20)4-3-5-12(14)16/h3-8,17,20H,1-2H3,(H,18,19). The highest BCUT2D eigenvalue weighted by atomic mass is 32.2. The van der Waals surface area contributed by atoms with E-state index in [4.69, 9.17) is 5.21 Å². The lowest BCUT2D eigenvalue weighted by Gasteiger charge is -2.14. The van der Waals surface area contributed by atoms with Crippen molar-refractivity contribution in [3.63, 3.8) is 0 Å². The van der Waals surface area contributed by atoms with Crippen LogP contribution >= 0.6 is 0 Å². The van der Waals surface area contributed by atoms with Crippen molar-refractivity contribution in [2.75, 3.05) is 11.6 Å². The molecule has 1 atom stereocenters. The molecule has 0 aliphatic heterocycles. The van der Waals surface area contributed by atoms with Crippen molar-refractivity contribution in [2.24, 2.45) is 0 Å². The van der Waals surface area contributed by atoms with Crippen molar-refractivity contribution in [1.29, 1.82) is 0 Å². The Labute approximate surface area is 129 Å². The molecule has 0 saturated carbocycles. The van der Waals surface area contributed by atoms with Crippen molar-refractivity contribution in [2.45, 2.75) is 11.8 Å². The van der Waals surface area contributed by atoms with Crippen LogP contribution in [-0.2, 0) is 10.8 Å². The van der Waals surface area contributed by atoms with E-state index in [0.717, 1.165) is 5.56 Å². The highest BCUT2D eigenvalue weighted by molar-refractivity contribution is 7.84. The summed E-state index contributed by atoms with van der Waals surface area (Å²) < 4.78 is 25.5. The lowest BCUT2D eigenvalue weighted by molar-refractivity contribution is 0.0707. The Hall–Kier alpha value is -2.25. The number of nitrogens with one attached hydrogen (secondary N) is 2. The number of carbonyl (C=O) groups excluding carboxylic acids is 1. The predicted molar refractivity (Wildman–Crippen MR) is 82.4 cm³/mol. The highest BCUT2D eigenvalue weighted by Crippen LogP contribution is 2.27. The Balaban J connectivity index is 2.43. The summed E-state index contributed by atoms with van der Waals surface area (Å²) in [5.41, 5.74) is 2.76. The Morgan fingerprint density at radius 2 is 2.00 bits per heavy atom. The van der Waals surface area contributed by atoms with Crippen LogP contribution in [0.4, 0.5) is 15.8 Å². The minimum Gasteiger partial charge on any atom is -0.352 e. The zero-order valence-corrected chi connectivity index (χ0v) is 12.8. The topological polar surface area (TPSA) is 78.4 Å². The number of hydrogen-bond acceptors (Lipinski definition) is 4. The van der Waals surface area contributed by atoms with Gasteiger partial charge in [0, 0.05) is 27.6 Å². The smallest absolute Gasteiger partial charge is 0.276 e. The molecular formula is C15H15FN2O3S. The number of aryl methyl sites for hydroxylation is 1. The largest absolute Gasteiger partial charge is 0.352 e. The van der Waals surface area contributed by atoms with Gasteiger partial charge in [-0.25, -0.2) is 9.87 Å². The molecule has 0 fully saturated rings. The van der Waals surface area contributed by atoms with Crippen LogP contribution in [0.5, 0.6) is 0 Å². The van der Waals surface area contributed by atoms with E-state index in [1.54, 1.807) is 31.4 Å². The molecule has 0 radical (unpaired) electrons. The number of halogens is 1. The van der Waals surface area contributed by atoms with E-state index >= 15 is 0 Å². The molecule has 7 heteroatoms. The maximum absolute atomic E-state index is 14.0. The number of anilines is 2. The first-order chi connectivity index (χ1) is 10.4. The summed E-state index contributed by atoms with van der Waals surface area (Å²) in [7, 11) is -1.11. The molecule has 5 nitrogen and oxygen atoms in total. The van der Waals surface area contributed by atoms with Crippen LogP contribution in [0, 0.1) is 12.7 Å².